The summed E-state index contributed by atoms with van der Waals surface area (Å²) in [5, 5.41) is 0. The fourth-order valence-corrected chi connectivity index (χ4v) is 2.28. The lowest BCUT2D eigenvalue weighted by molar-refractivity contribution is 0.0519. The molecule has 0 unspecified atom stereocenters. The Morgan fingerprint density at radius 1 is 0.957 bits per heavy atom. The molecule has 0 saturated carbocycles. The van der Waals surface area contributed by atoms with Gasteiger partial charge in [0.1, 0.15) is 5.69 Å². The van der Waals surface area contributed by atoms with Gasteiger partial charge in [-0.1, -0.05) is 36.4 Å². The minimum atomic E-state index is -0.402. The van der Waals surface area contributed by atoms with Gasteiger partial charge < -0.3 is 4.74 Å². The van der Waals surface area contributed by atoms with E-state index < -0.39 is 5.97 Å². The third kappa shape index (κ3) is 3.43. The van der Waals surface area contributed by atoms with E-state index in [1.807, 2.05) is 54.7 Å². The Balaban J connectivity index is 1.88. The van der Waals surface area contributed by atoms with Crippen molar-refractivity contribution in [3.63, 3.8) is 0 Å². The number of carbonyl (C=O) groups excluding carboxylic acids is 1. The quantitative estimate of drug-likeness (QED) is 0.684. The summed E-state index contributed by atoms with van der Waals surface area (Å²) < 4.78 is 4.99. The first-order valence-electron chi connectivity index (χ1n) is 7.43. The van der Waals surface area contributed by atoms with E-state index in [1.54, 1.807) is 19.2 Å². The number of benzene rings is 1. The van der Waals surface area contributed by atoms with Crippen LogP contribution in [0.2, 0.25) is 0 Å². The van der Waals surface area contributed by atoms with Crippen LogP contribution in [0.4, 0.5) is 0 Å². The first-order chi connectivity index (χ1) is 11.3. The number of aromatic nitrogens is 2. The molecular formula is C19H16N2O2. The number of carbonyl (C=O) groups is 1. The van der Waals surface area contributed by atoms with Crippen molar-refractivity contribution in [3.8, 4) is 22.4 Å². The van der Waals surface area contributed by atoms with Crippen LogP contribution in [0.25, 0.3) is 22.4 Å². The lowest BCUT2D eigenvalue weighted by atomic mass is 10.0. The first kappa shape index (κ1) is 14.9. The zero-order valence-electron chi connectivity index (χ0n) is 12.8. The van der Waals surface area contributed by atoms with E-state index in [2.05, 4.69) is 9.97 Å². The summed E-state index contributed by atoms with van der Waals surface area (Å²) in [5.74, 6) is -0.402. The number of rotatable bonds is 4. The summed E-state index contributed by atoms with van der Waals surface area (Å²) in [6.07, 6.45) is 3.58. The van der Waals surface area contributed by atoms with Crippen molar-refractivity contribution in [2.45, 2.75) is 6.92 Å². The Bertz CT molecular complexity index is 799. The van der Waals surface area contributed by atoms with Crippen molar-refractivity contribution in [1.29, 1.82) is 0 Å². The summed E-state index contributed by atoms with van der Waals surface area (Å²) in [7, 11) is 0. The first-order valence-corrected chi connectivity index (χ1v) is 7.43. The SMILES string of the molecule is CCOC(=O)c1cccc(-c2ccc(-c3cccnc3)cc2)n1. The molecule has 3 aromatic rings. The standard InChI is InChI=1S/C19H16N2O2/c1-2-23-19(22)18-7-3-6-17(21-18)15-10-8-14(9-11-15)16-5-4-12-20-13-16/h3-13H,2H2,1H3. The van der Waals surface area contributed by atoms with Crippen LogP contribution in [-0.4, -0.2) is 22.5 Å². The van der Waals surface area contributed by atoms with Crippen LogP contribution in [-0.2, 0) is 4.74 Å². The molecule has 3 rings (SSSR count). The highest BCUT2D eigenvalue weighted by molar-refractivity contribution is 5.88. The van der Waals surface area contributed by atoms with Crippen molar-refractivity contribution in [2.75, 3.05) is 6.61 Å². The van der Waals surface area contributed by atoms with Crippen LogP contribution < -0.4 is 0 Å². The predicted molar refractivity (Wildman–Crippen MR) is 88.9 cm³/mol. The maximum atomic E-state index is 11.8. The smallest absolute Gasteiger partial charge is 0.356 e. The second kappa shape index (κ2) is 6.83. The van der Waals surface area contributed by atoms with Crippen molar-refractivity contribution in [3.05, 3.63) is 72.7 Å². The van der Waals surface area contributed by atoms with Gasteiger partial charge in [0.15, 0.2) is 0 Å². The molecule has 0 atom stereocenters. The molecule has 114 valence electrons. The number of pyridine rings is 2. The Kier molecular flexibility index (Phi) is 4.43. The molecule has 0 saturated heterocycles. The summed E-state index contributed by atoms with van der Waals surface area (Å²) in [6, 6.07) is 17.3. The predicted octanol–water partition coefficient (Wildman–Crippen LogP) is 3.99. The molecule has 0 spiro atoms. The molecule has 0 bridgehead atoms. The normalized spacial score (nSPS) is 10.3. The molecule has 0 aliphatic carbocycles. The van der Waals surface area contributed by atoms with E-state index in [-0.39, 0.29) is 0 Å². The average Bonchev–Trinajstić information content (AvgIpc) is 2.63. The molecule has 0 amide bonds. The highest BCUT2D eigenvalue weighted by Gasteiger charge is 2.09. The number of ether oxygens (including phenoxy) is 1. The van der Waals surface area contributed by atoms with Crippen molar-refractivity contribution < 1.29 is 9.53 Å². The Morgan fingerprint density at radius 2 is 1.74 bits per heavy atom. The summed E-state index contributed by atoms with van der Waals surface area (Å²) in [5.41, 5.74) is 4.16. The van der Waals surface area contributed by atoms with E-state index in [0.29, 0.717) is 12.3 Å². The van der Waals surface area contributed by atoms with E-state index in [4.69, 9.17) is 4.74 Å². The molecule has 0 aliphatic heterocycles. The van der Waals surface area contributed by atoms with Gasteiger partial charge in [-0.05, 0) is 36.2 Å². The minimum Gasteiger partial charge on any atom is -0.461 e. The lowest BCUT2D eigenvalue weighted by Crippen LogP contribution is -2.07. The second-order valence-corrected chi connectivity index (χ2v) is 4.95. The number of hydrogen-bond acceptors (Lipinski definition) is 4. The Labute approximate surface area is 134 Å². The van der Waals surface area contributed by atoms with Crippen LogP contribution in [0.1, 0.15) is 17.4 Å². The van der Waals surface area contributed by atoms with Gasteiger partial charge in [-0.3, -0.25) is 4.98 Å². The van der Waals surface area contributed by atoms with Crippen molar-refractivity contribution in [2.24, 2.45) is 0 Å². The highest BCUT2D eigenvalue weighted by atomic mass is 16.5. The van der Waals surface area contributed by atoms with Crippen molar-refractivity contribution in [1.82, 2.24) is 9.97 Å². The molecule has 2 heterocycles. The van der Waals surface area contributed by atoms with Crippen LogP contribution in [0.5, 0.6) is 0 Å². The van der Waals surface area contributed by atoms with Crippen LogP contribution in [0.15, 0.2) is 67.0 Å². The molecule has 23 heavy (non-hydrogen) atoms. The summed E-state index contributed by atoms with van der Waals surface area (Å²) in [4.78, 5) is 20.3. The monoisotopic (exact) mass is 304 g/mol. The van der Waals surface area contributed by atoms with Crippen LogP contribution in [0, 0.1) is 0 Å². The van der Waals surface area contributed by atoms with E-state index in [0.717, 1.165) is 22.4 Å². The molecule has 0 fully saturated rings. The average molecular weight is 304 g/mol. The molecule has 4 heteroatoms. The minimum absolute atomic E-state index is 0.320. The summed E-state index contributed by atoms with van der Waals surface area (Å²) in [6.45, 7) is 2.11. The third-order valence-corrected chi connectivity index (χ3v) is 3.41. The highest BCUT2D eigenvalue weighted by Crippen LogP contribution is 2.23. The van der Waals surface area contributed by atoms with Crippen LogP contribution in [0.3, 0.4) is 0 Å². The van der Waals surface area contributed by atoms with Gasteiger partial charge in [-0.25, -0.2) is 9.78 Å². The van der Waals surface area contributed by atoms with Crippen molar-refractivity contribution >= 4 is 5.97 Å². The second-order valence-electron chi connectivity index (χ2n) is 4.95. The molecule has 4 nitrogen and oxygen atoms in total. The van der Waals surface area contributed by atoms with Gasteiger partial charge in [0.25, 0.3) is 0 Å². The zero-order chi connectivity index (χ0) is 16.1. The molecular weight excluding hydrogens is 288 g/mol. The molecule has 0 N–H and O–H groups in total. The summed E-state index contributed by atoms with van der Waals surface area (Å²) >= 11 is 0. The van der Waals surface area contributed by atoms with Crippen LogP contribution >= 0.6 is 0 Å². The van der Waals surface area contributed by atoms with Gasteiger partial charge in [0.05, 0.1) is 12.3 Å². The van der Waals surface area contributed by atoms with E-state index in [9.17, 15) is 4.79 Å². The van der Waals surface area contributed by atoms with Gasteiger partial charge in [-0.2, -0.15) is 0 Å². The Hall–Kier alpha value is -3.01. The number of hydrogen-bond donors (Lipinski definition) is 0. The zero-order valence-corrected chi connectivity index (χ0v) is 12.8. The van der Waals surface area contributed by atoms with E-state index >= 15 is 0 Å². The largest absolute Gasteiger partial charge is 0.461 e. The topological polar surface area (TPSA) is 52.1 Å². The number of esters is 1. The lowest BCUT2D eigenvalue weighted by Gasteiger charge is -2.06. The van der Waals surface area contributed by atoms with Gasteiger partial charge in [0, 0.05) is 18.0 Å². The fraction of sp³-hybridized carbons (Fsp3) is 0.105. The molecule has 0 radical (unpaired) electrons. The van der Waals surface area contributed by atoms with Gasteiger partial charge in [-0.15, -0.1) is 0 Å². The fourth-order valence-electron chi connectivity index (χ4n) is 2.28. The third-order valence-electron chi connectivity index (χ3n) is 3.41. The van der Waals surface area contributed by atoms with Gasteiger partial charge >= 0.3 is 5.97 Å². The Morgan fingerprint density at radius 3 is 2.43 bits per heavy atom. The molecule has 2 aromatic heterocycles. The van der Waals surface area contributed by atoms with Gasteiger partial charge in [0.2, 0.25) is 0 Å². The number of nitrogens with zero attached hydrogens (tertiary/aromatic N) is 2. The molecule has 0 aliphatic rings. The van der Waals surface area contributed by atoms with E-state index in [1.165, 1.54) is 0 Å². The molecule has 1 aromatic carbocycles. The maximum Gasteiger partial charge on any atom is 0.356 e. The maximum absolute atomic E-state index is 11.8.